The summed E-state index contributed by atoms with van der Waals surface area (Å²) in [6, 6.07) is 3.84. The Kier molecular flexibility index (Phi) is 5.50. The standard InChI is InChI=1S/C20H22N6O2S/c1-11(9-27-4)28-15-6-5-14(7-21-15)8-22-19-18-17(23-10-24-19)16-12(2)13(3)25-26-20(16)29-18/h5-7,10-11H,8-9H2,1-4H3,(H,22,23,24). The molecule has 0 radical (unpaired) electrons. The normalized spacial score (nSPS) is 12.4. The van der Waals surface area contributed by atoms with Gasteiger partial charge in [-0.15, -0.1) is 16.4 Å². The molecule has 0 fully saturated rings. The van der Waals surface area contributed by atoms with Gasteiger partial charge in [0.1, 0.15) is 23.1 Å². The fourth-order valence-corrected chi connectivity index (χ4v) is 4.15. The lowest BCUT2D eigenvalue weighted by atomic mass is 10.1. The number of aryl methyl sites for hydroxylation is 2. The largest absolute Gasteiger partial charge is 0.472 e. The van der Waals surface area contributed by atoms with Crippen LogP contribution in [0.3, 0.4) is 0 Å². The number of ether oxygens (including phenoxy) is 2. The number of fused-ring (bicyclic) bond motifs is 3. The fourth-order valence-electron chi connectivity index (χ4n) is 3.05. The zero-order valence-corrected chi connectivity index (χ0v) is 17.6. The molecule has 4 rings (SSSR count). The van der Waals surface area contributed by atoms with Gasteiger partial charge in [-0.1, -0.05) is 6.07 Å². The maximum absolute atomic E-state index is 5.70. The lowest BCUT2D eigenvalue weighted by Gasteiger charge is -2.13. The van der Waals surface area contributed by atoms with Gasteiger partial charge >= 0.3 is 0 Å². The first kappa shape index (κ1) is 19.4. The summed E-state index contributed by atoms with van der Waals surface area (Å²) in [6.07, 6.45) is 3.33. The highest BCUT2D eigenvalue weighted by Crippen LogP contribution is 2.36. The molecule has 1 unspecified atom stereocenters. The Bertz CT molecular complexity index is 1150. The molecule has 150 valence electrons. The van der Waals surface area contributed by atoms with E-state index < -0.39 is 0 Å². The van der Waals surface area contributed by atoms with Crippen molar-refractivity contribution in [3.63, 3.8) is 0 Å². The van der Waals surface area contributed by atoms with Crippen molar-refractivity contribution in [3.05, 3.63) is 41.5 Å². The number of nitrogens with zero attached hydrogens (tertiary/aromatic N) is 5. The molecule has 4 heterocycles. The zero-order valence-electron chi connectivity index (χ0n) is 16.8. The van der Waals surface area contributed by atoms with Crippen LogP contribution in [0.1, 0.15) is 23.7 Å². The number of pyridine rings is 1. The van der Waals surface area contributed by atoms with Crippen LogP contribution in [0.5, 0.6) is 5.88 Å². The van der Waals surface area contributed by atoms with Gasteiger partial charge in [-0.05, 0) is 31.9 Å². The van der Waals surface area contributed by atoms with E-state index in [1.165, 1.54) is 0 Å². The van der Waals surface area contributed by atoms with Crippen molar-refractivity contribution in [2.75, 3.05) is 19.0 Å². The predicted octanol–water partition coefficient (Wildman–Crippen LogP) is 3.67. The van der Waals surface area contributed by atoms with Crippen molar-refractivity contribution in [3.8, 4) is 5.88 Å². The Balaban J connectivity index is 1.53. The number of rotatable bonds is 7. The topological polar surface area (TPSA) is 94.9 Å². The summed E-state index contributed by atoms with van der Waals surface area (Å²) in [5, 5.41) is 13.0. The maximum atomic E-state index is 5.70. The Morgan fingerprint density at radius 3 is 2.76 bits per heavy atom. The summed E-state index contributed by atoms with van der Waals surface area (Å²) >= 11 is 1.55. The van der Waals surface area contributed by atoms with E-state index >= 15 is 0 Å². The van der Waals surface area contributed by atoms with Crippen molar-refractivity contribution in [2.24, 2.45) is 0 Å². The van der Waals surface area contributed by atoms with Crippen LogP contribution in [0.15, 0.2) is 24.7 Å². The molecule has 9 heteroatoms. The van der Waals surface area contributed by atoms with Crippen molar-refractivity contribution in [1.29, 1.82) is 0 Å². The molecule has 4 aromatic heterocycles. The fraction of sp³-hybridized carbons (Fsp3) is 0.350. The minimum atomic E-state index is -0.0473. The highest BCUT2D eigenvalue weighted by Gasteiger charge is 2.15. The average Bonchev–Trinajstić information content (AvgIpc) is 3.10. The third-order valence-corrected chi connectivity index (χ3v) is 5.71. The molecule has 0 spiro atoms. The SMILES string of the molecule is COCC(C)Oc1ccc(CNc2ncnc3c2sc2nnc(C)c(C)c23)cn1. The number of hydrogen-bond donors (Lipinski definition) is 1. The molecule has 4 aromatic rings. The smallest absolute Gasteiger partial charge is 0.213 e. The summed E-state index contributed by atoms with van der Waals surface area (Å²) in [7, 11) is 1.65. The Hall–Kier alpha value is -2.91. The second-order valence-electron chi connectivity index (χ2n) is 6.83. The summed E-state index contributed by atoms with van der Waals surface area (Å²) < 4.78 is 11.8. The Labute approximate surface area is 172 Å². The van der Waals surface area contributed by atoms with E-state index in [0.717, 1.165) is 43.1 Å². The molecule has 0 amide bonds. The number of methoxy groups -OCH3 is 1. The highest BCUT2D eigenvalue weighted by molar-refractivity contribution is 7.25. The van der Waals surface area contributed by atoms with Crippen LogP contribution in [0.2, 0.25) is 0 Å². The van der Waals surface area contributed by atoms with Gasteiger partial charge in [0.15, 0.2) is 0 Å². The third-order valence-electron chi connectivity index (χ3n) is 4.64. The van der Waals surface area contributed by atoms with E-state index in [2.05, 4.69) is 37.4 Å². The molecule has 0 aromatic carbocycles. The lowest BCUT2D eigenvalue weighted by molar-refractivity contribution is 0.0889. The molecule has 0 aliphatic heterocycles. The maximum Gasteiger partial charge on any atom is 0.213 e. The first-order valence-corrected chi connectivity index (χ1v) is 10.1. The first-order chi connectivity index (χ1) is 14.1. The van der Waals surface area contributed by atoms with E-state index in [0.29, 0.717) is 19.0 Å². The number of thiophene rings is 1. The summed E-state index contributed by atoms with van der Waals surface area (Å²) in [5.41, 5.74) is 3.95. The van der Waals surface area contributed by atoms with Gasteiger partial charge in [-0.2, -0.15) is 5.10 Å². The van der Waals surface area contributed by atoms with Crippen LogP contribution >= 0.6 is 11.3 Å². The van der Waals surface area contributed by atoms with Crippen LogP contribution < -0.4 is 10.1 Å². The molecular weight excluding hydrogens is 388 g/mol. The lowest BCUT2D eigenvalue weighted by Crippen LogP contribution is -2.18. The van der Waals surface area contributed by atoms with Crippen LogP contribution in [-0.4, -0.2) is 45.0 Å². The molecule has 0 saturated heterocycles. The molecule has 0 bridgehead atoms. The monoisotopic (exact) mass is 410 g/mol. The molecule has 29 heavy (non-hydrogen) atoms. The molecular formula is C20H22N6O2S. The minimum Gasteiger partial charge on any atom is -0.472 e. The van der Waals surface area contributed by atoms with Gasteiger partial charge in [0.2, 0.25) is 5.88 Å². The predicted molar refractivity (Wildman–Crippen MR) is 114 cm³/mol. The third kappa shape index (κ3) is 3.96. The van der Waals surface area contributed by atoms with Crippen molar-refractivity contribution in [1.82, 2.24) is 25.1 Å². The van der Waals surface area contributed by atoms with E-state index in [1.807, 2.05) is 26.0 Å². The van der Waals surface area contributed by atoms with E-state index in [1.54, 1.807) is 31.0 Å². The Morgan fingerprint density at radius 1 is 1.14 bits per heavy atom. The van der Waals surface area contributed by atoms with Gasteiger partial charge in [-0.3, -0.25) is 0 Å². The minimum absolute atomic E-state index is 0.0473. The quantitative estimate of drug-likeness (QED) is 0.493. The van der Waals surface area contributed by atoms with Gasteiger partial charge in [0.25, 0.3) is 0 Å². The second kappa shape index (κ2) is 8.22. The van der Waals surface area contributed by atoms with E-state index in [-0.39, 0.29) is 6.10 Å². The highest BCUT2D eigenvalue weighted by atomic mass is 32.1. The number of hydrogen-bond acceptors (Lipinski definition) is 9. The second-order valence-corrected chi connectivity index (χ2v) is 7.83. The van der Waals surface area contributed by atoms with Crippen molar-refractivity contribution in [2.45, 2.75) is 33.4 Å². The van der Waals surface area contributed by atoms with Crippen LogP contribution in [0.25, 0.3) is 20.4 Å². The van der Waals surface area contributed by atoms with Gasteiger partial charge in [0, 0.05) is 31.3 Å². The van der Waals surface area contributed by atoms with Gasteiger partial charge in [0.05, 0.1) is 22.5 Å². The summed E-state index contributed by atoms with van der Waals surface area (Å²) in [5.74, 6) is 1.36. The van der Waals surface area contributed by atoms with Gasteiger partial charge < -0.3 is 14.8 Å². The van der Waals surface area contributed by atoms with Crippen LogP contribution in [0, 0.1) is 13.8 Å². The summed E-state index contributed by atoms with van der Waals surface area (Å²) in [4.78, 5) is 14.2. The van der Waals surface area contributed by atoms with E-state index in [9.17, 15) is 0 Å². The Morgan fingerprint density at radius 2 is 2.00 bits per heavy atom. The number of nitrogens with one attached hydrogen (secondary N) is 1. The molecule has 0 aliphatic carbocycles. The van der Waals surface area contributed by atoms with E-state index in [4.69, 9.17) is 9.47 Å². The molecule has 0 aliphatic rings. The summed E-state index contributed by atoms with van der Waals surface area (Å²) in [6.45, 7) is 7.07. The van der Waals surface area contributed by atoms with Crippen molar-refractivity contribution < 1.29 is 9.47 Å². The average molecular weight is 411 g/mol. The zero-order chi connectivity index (χ0) is 20.4. The molecule has 0 saturated carbocycles. The van der Waals surface area contributed by atoms with Gasteiger partial charge in [-0.25, -0.2) is 15.0 Å². The van der Waals surface area contributed by atoms with Crippen LogP contribution in [-0.2, 0) is 11.3 Å². The first-order valence-electron chi connectivity index (χ1n) is 9.28. The van der Waals surface area contributed by atoms with Crippen LogP contribution in [0.4, 0.5) is 5.82 Å². The van der Waals surface area contributed by atoms with Crippen molar-refractivity contribution >= 4 is 37.6 Å². The number of anilines is 1. The molecule has 1 atom stereocenters. The molecule has 1 N–H and O–H groups in total. The number of aromatic nitrogens is 5. The molecule has 8 nitrogen and oxygen atoms in total.